The molecule has 0 aliphatic carbocycles. The van der Waals surface area contributed by atoms with Crippen LogP contribution in [-0.4, -0.2) is 35.8 Å². The third kappa shape index (κ3) is 3.94. The molecule has 0 bridgehead atoms. The van der Waals surface area contributed by atoms with Gasteiger partial charge in [-0.05, 0) is 43.2 Å². The van der Waals surface area contributed by atoms with Gasteiger partial charge in [-0.2, -0.15) is 5.10 Å². The average molecular weight is 388 g/mol. The van der Waals surface area contributed by atoms with Crippen LogP contribution in [0.3, 0.4) is 0 Å². The zero-order valence-corrected chi connectivity index (χ0v) is 16.5. The number of methoxy groups -OCH3 is 1. The molecule has 2 aromatic heterocycles. The van der Waals surface area contributed by atoms with Crippen LogP contribution >= 0.6 is 0 Å². The van der Waals surface area contributed by atoms with Gasteiger partial charge >= 0.3 is 0 Å². The van der Waals surface area contributed by atoms with E-state index >= 15 is 0 Å². The number of H-pyrrole nitrogens is 2. The van der Waals surface area contributed by atoms with E-state index in [1.54, 1.807) is 13.3 Å². The summed E-state index contributed by atoms with van der Waals surface area (Å²) in [6.45, 7) is 2.63. The number of aryl methyl sites for hydroxylation is 1. The number of nitrogens with one attached hydrogen (secondary N) is 3. The first-order chi connectivity index (χ1) is 14.2. The molecule has 0 aliphatic rings. The summed E-state index contributed by atoms with van der Waals surface area (Å²) < 4.78 is 5.34. The highest BCUT2D eigenvalue weighted by atomic mass is 16.5. The number of hydrogen-bond acceptors (Lipinski definition) is 3. The number of aliphatic imine (C=N–C) groups is 1. The van der Waals surface area contributed by atoms with E-state index in [1.165, 1.54) is 5.56 Å². The summed E-state index contributed by atoms with van der Waals surface area (Å²) in [5.74, 6) is 1.13. The van der Waals surface area contributed by atoms with E-state index in [4.69, 9.17) is 10.5 Å². The molecule has 7 nitrogen and oxygen atoms in total. The average Bonchev–Trinajstić information content (AvgIpc) is 3.28. The normalized spacial score (nSPS) is 12.3. The largest absolute Gasteiger partial charge is 0.497 e. The summed E-state index contributed by atoms with van der Waals surface area (Å²) in [6, 6.07) is 14.1. The monoisotopic (exact) mass is 388 g/mol. The molecule has 0 aliphatic heterocycles. The van der Waals surface area contributed by atoms with Crippen LogP contribution in [0.15, 0.2) is 58.8 Å². The van der Waals surface area contributed by atoms with E-state index in [-0.39, 0.29) is 5.96 Å². The molecule has 0 fully saturated rings. The number of ether oxygens (including phenoxy) is 1. The van der Waals surface area contributed by atoms with Crippen LogP contribution in [0.2, 0.25) is 0 Å². The summed E-state index contributed by atoms with van der Waals surface area (Å²) in [5.41, 5.74) is 14.2. The van der Waals surface area contributed by atoms with Crippen LogP contribution in [0, 0.1) is 6.92 Å². The standard InChI is InChI=1S/C22H24N6O/c1-14-17(19-11-16(29-2)7-8-21(19)27-14)9-10-24-22(23)28-26-13-15-12-25-20-6-4-3-5-18(15)20/h3-8,11-13,25,27H,9-10H2,1-2H3,(H3,23,24,28)/b26-13+. The van der Waals surface area contributed by atoms with Crippen molar-refractivity contribution in [2.45, 2.75) is 13.3 Å². The van der Waals surface area contributed by atoms with E-state index in [2.05, 4.69) is 32.4 Å². The molecule has 5 N–H and O–H groups in total. The Morgan fingerprint density at radius 2 is 2.03 bits per heavy atom. The minimum absolute atomic E-state index is 0.288. The van der Waals surface area contributed by atoms with Crippen molar-refractivity contribution in [3.8, 4) is 5.75 Å². The minimum Gasteiger partial charge on any atom is -0.497 e. The number of fused-ring (bicyclic) bond motifs is 2. The fourth-order valence-corrected chi connectivity index (χ4v) is 3.50. The molecule has 7 heteroatoms. The molecule has 148 valence electrons. The van der Waals surface area contributed by atoms with Gasteiger partial charge in [-0.25, -0.2) is 5.43 Å². The Kier molecular flexibility index (Phi) is 5.20. The first-order valence-electron chi connectivity index (χ1n) is 9.46. The highest BCUT2D eigenvalue weighted by Gasteiger charge is 2.09. The van der Waals surface area contributed by atoms with Gasteiger partial charge in [0.15, 0.2) is 0 Å². The maximum atomic E-state index is 5.95. The van der Waals surface area contributed by atoms with Crippen molar-refractivity contribution >= 4 is 34.0 Å². The zero-order chi connectivity index (χ0) is 20.2. The molecular weight excluding hydrogens is 364 g/mol. The van der Waals surface area contributed by atoms with E-state index in [0.717, 1.165) is 45.2 Å². The summed E-state index contributed by atoms with van der Waals surface area (Å²) in [4.78, 5) is 11.0. The predicted octanol–water partition coefficient (Wildman–Crippen LogP) is 3.45. The van der Waals surface area contributed by atoms with E-state index in [0.29, 0.717) is 6.54 Å². The van der Waals surface area contributed by atoms with Gasteiger partial charge < -0.3 is 20.4 Å². The zero-order valence-electron chi connectivity index (χ0n) is 16.5. The number of para-hydroxylation sites is 1. The van der Waals surface area contributed by atoms with Crippen LogP contribution in [-0.2, 0) is 6.42 Å². The lowest BCUT2D eigenvalue weighted by Gasteiger charge is -2.03. The Balaban J connectivity index is 1.39. The molecule has 4 aromatic rings. The first kappa shape index (κ1) is 18.6. The third-order valence-electron chi connectivity index (χ3n) is 4.97. The van der Waals surface area contributed by atoms with Crippen molar-refractivity contribution in [2.24, 2.45) is 15.8 Å². The topological polar surface area (TPSA) is 104 Å². The van der Waals surface area contributed by atoms with Gasteiger partial charge in [0.2, 0.25) is 5.96 Å². The number of nitrogens with zero attached hydrogens (tertiary/aromatic N) is 2. The quantitative estimate of drug-likeness (QED) is 0.231. The lowest BCUT2D eigenvalue weighted by molar-refractivity contribution is 0.415. The first-order valence-corrected chi connectivity index (χ1v) is 9.46. The molecule has 0 amide bonds. The van der Waals surface area contributed by atoms with Crippen molar-refractivity contribution in [3.63, 3.8) is 0 Å². The summed E-state index contributed by atoms with van der Waals surface area (Å²) in [7, 11) is 1.67. The van der Waals surface area contributed by atoms with Gasteiger partial charge in [0, 0.05) is 45.8 Å². The Hall–Kier alpha value is -3.74. The number of rotatable bonds is 6. The SMILES string of the molecule is COc1ccc2[nH]c(C)c(CCN=C(N)N/N=C/c3c[nH]c4ccccc34)c2c1. The molecule has 4 rings (SSSR count). The molecule has 0 saturated heterocycles. The van der Waals surface area contributed by atoms with Crippen LogP contribution in [0.25, 0.3) is 21.8 Å². The van der Waals surface area contributed by atoms with E-state index < -0.39 is 0 Å². The van der Waals surface area contributed by atoms with Crippen molar-refractivity contribution < 1.29 is 4.74 Å². The fourth-order valence-electron chi connectivity index (χ4n) is 3.50. The van der Waals surface area contributed by atoms with Gasteiger partial charge in [0.25, 0.3) is 0 Å². The molecule has 0 radical (unpaired) electrons. The van der Waals surface area contributed by atoms with Gasteiger partial charge in [-0.3, -0.25) is 4.99 Å². The van der Waals surface area contributed by atoms with Crippen LogP contribution < -0.4 is 15.9 Å². The Morgan fingerprint density at radius 3 is 2.90 bits per heavy atom. The molecule has 0 spiro atoms. The van der Waals surface area contributed by atoms with Crippen LogP contribution in [0.1, 0.15) is 16.8 Å². The number of aromatic nitrogens is 2. The molecular formula is C22H24N6O. The Bertz CT molecular complexity index is 1200. The molecule has 0 saturated carbocycles. The van der Waals surface area contributed by atoms with E-state index in [9.17, 15) is 0 Å². The smallest absolute Gasteiger partial charge is 0.209 e. The highest BCUT2D eigenvalue weighted by molar-refractivity contribution is 5.99. The fraction of sp³-hybridized carbons (Fsp3) is 0.182. The maximum absolute atomic E-state index is 5.95. The number of benzene rings is 2. The molecule has 0 atom stereocenters. The Morgan fingerprint density at radius 1 is 1.17 bits per heavy atom. The van der Waals surface area contributed by atoms with Gasteiger partial charge in [-0.15, -0.1) is 0 Å². The van der Waals surface area contributed by atoms with Gasteiger partial charge in [0.05, 0.1) is 13.3 Å². The predicted molar refractivity (Wildman–Crippen MR) is 119 cm³/mol. The van der Waals surface area contributed by atoms with Crippen LogP contribution in [0.5, 0.6) is 5.75 Å². The number of hydrazone groups is 1. The maximum Gasteiger partial charge on any atom is 0.209 e. The highest BCUT2D eigenvalue weighted by Crippen LogP contribution is 2.26. The van der Waals surface area contributed by atoms with Crippen molar-refractivity contribution in [2.75, 3.05) is 13.7 Å². The number of aromatic amines is 2. The summed E-state index contributed by atoms with van der Waals surface area (Å²) in [6.07, 6.45) is 4.42. The van der Waals surface area contributed by atoms with E-state index in [1.807, 2.05) is 48.7 Å². The second-order valence-electron chi connectivity index (χ2n) is 6.82. The summed E-state index contributed by atoms with van der Waals surface area (Å²) >= 11 is 0. The Labute approximate surface area is 168 Å². The van der Waals surface area contributed by atoms with Crippen molar-refractivity contribution in [1.29, 1.82) is 0 Å². The second-order valence-corrected chi connectivity index (χ2v) is 6.82. The second kappa shape index (κ2) is 8.10. The lowest BCUT2D eigenvalue weighted by Crippen LogP contribution is -2.27. The molecule has 0 unspecified atom stereocenters. The number of nitrogens with two attached hydrogens (primary N) is 1. The van der Waals surface area contributed by atoms with Gasteiger partial charge in [-0.1, -0.05) is 18.2 Å². The third-order valence-corrected chi connectivity index (χ3v) is 4.97. The number of hydrogen-bond donors (Lipinski definition) is 4. The number of guanidine groups is 1. The molecule has 29 heavy (non-hydrogen) atoms. The minimum atomic E-state index is 0.288. The van der Waals surface area contributed by atoms with Gasteiger partial charge in [0.1, 0.15) is 5.75 Å². The van der Waals surface area contributed by atoms with Crippen LogP contribution in [0.4, 0.5) is 0 Å². The summed E-state index contributed by atoms with van der Waals surface area (Å²) in [5, 5.41) is 6.46. The lowest BCUT2D eigenvalue weighted by atomic mass is 10.1. The molecule has 2 heterocycles. The molecule has 2 aromatic carbocycles. The van der Waals surface area contributed by atoms with Crippen molar-refractivity contribution in [1.82, 2.24) is 15.4 Å². The van der Waals surface area contributed by atoms with Crippen molar-refractivity contribution in [3.05, 3.63) is 65.5 Å².